The molecule has 1 aliphatic rings. The molecule has 90 valence electrons. The highest BCUT2D eigenvalue weighted by Gasteiger charge is 2.43. The summed E-state index contributed by atoms with van der Waals surface area (Å²) in [5.74, 6) is 0. The number of ether oxygens (including phenoxy) is 2. The van der Waals surface area contributed by atoms with E-state index in [0.29, 0.717) is 0 Å². The molecule has 0 aromatic carbocycles. The first-order valence-electron chi connectivity index (χ1n) is 5.01. The molecule has 2 unspecified atom stereocenters. The molecule has 5 atom stereocenters. The quantitative estimate of drug-likeness (QED) is 0.447. The van der Waals surface area contributed by atoms with Crippen molar-refractivity contribution in [3.05, 3.63) is 0 Å². The molecule has 1 aliphatic heterocycles. The molecule has 0 saturated carbocycles. The van der Waals surface area contributed by atoms with Gasteiger partial charge in [-0.05, 0) is 13.8 Å². The number of aliphatic hydroxyl groups excluding tert-OH is 3. The lowest BCUT2D eigenvalue weighted by Gasteiger charge is -2.40. The zero-order valence-corrected chi connectivity index (χ0v) is 8.91. The molecular formula is C9H19NO5. The SMILES string of the molecule is CC(C)O[C@@H]1OC(CO)[C@@H](O)[C@H](O)C1N. The number of nitrogens with two attached hydrogens (primary N) is 1. The van der Waals surface area contributed by atoms with E-state index in [2.05, 4.69) is 0 Å². The summed E-state index contributed by atoms with van der Waals surface area (Å²) in [5, 5.41) is 28.0. The van der Waals surface area contributed by atoms with Gasteiger partial charge in [-0.25, -0.2) is 0 Å². The van der Waals surface area contributed by atoms with Crippen LogP contribution in [0.4, 0.5) is 0 Å². The Balaban J connectivity index is 2.65. The Morgan fingerprint density at radius 3 is 2.40 bits per heavy atom. The average molecular weight is 221 g/mol. The van der Waals surface area contributed by atoms with Gasteiger partial charge in [0, 0.05) is 0 Å². The fourth-order valence-electron chi connectivity index (χ4n) is 1.49. The molecule has 0 spiro atoms. The zero-order chi connectivity index (χ0) is 11.6. The molecule has 6 nitrogen and oxygen atoms in total. The van der Waals surface area contributed by atoms with Crippen LogP contribution in [-0.2, 0) is 9.47 Å². The van der Waals surface area contributed by atoms with Crippen LogP contribution in [0.15, 0.2) is 0 Å². The van der Waals surface area contributed by atoms with Crippen LogP contribution in [0.5, 0.6) is 0 Å². The van der Waals surface area contributed by atoms with Gasteiger partial charge in [0.2, 0.25) is 0 Å². The predicted molar refractivity (Wildman–Crippen MR) is 52.0 cm³/mol. The molecule has 5 N–H and O–H groups in total. The van der Waals surface area contributed by atoms with E-state index >= 15 is 0 Å². The summed E-state index contributed by atoms with van der Waals surface area (Å²) in [6.07, 6.45) is -4.11. The molecule has 1 fully saturated rings. The first-order valence-corrected chi connectivity index (χ1v) is 5.01. The summed E-state index contributed by atoms with van der Waals surface area (Å²) in [6, 6.07) is -0.815. The number of hydrogen-bond donors (Lipinski definition) is 4. The van der Waals surface area contributed by atoms with Crippen molar-refractivity contribution in [2.45, 2.75) is 50.6 Å². The van der Waals surface area contributed by atoms with E-state index < -0.39 is 30.6 Å². The lowest BCUT2D eigenvalue weighted by molar-refractivity contribution is -0.274. The van der Waals surface area contributed by atoms with E-state index in [-0.39, 0.29) is 12.7 Å². The van der Waals surface area contributed by atoms with Gasteiger partial charge in [-0.1, -0.05) is 0 Å². The van der Waals surface area contributed by atoms with Crippen molar-refractivity contribution in [3.8, 4) is 0 Å². The molecule has 6 heteroatoms. The largest absolute Gasteiger partial charge is 0.394 e. The minimum Gasteiger partial charge on any atom is -0.394 e. The number of hydrogen-bond acceptors (Lipinski definition) is 6. The van der Waals surface area contributed by atoms with Crippen molar-refractivity contribution >= 4 is 0 Å². The standard InChI is InChI=1S/C9H19NO5/c1-4(2)14-9-6(10)8(13)7(12)5(3-11)15-9/h4-9,11-13H,3,10H2,1-2H3/t5?,6?,7-,8-,9-/m1/s1. The van der Waals surface area contributed by atoms with Gasteiger partial charge in [-0.15, -0.1) is 0 Å². The van der Waals surface area contributed by atoms with E-state index in [1.165, 1.54) is 0 Å². The molecule has 1 rings (SSSR count). The second kappa shape index (κ2) is 5.20. The van der Waals surface area contributed by atoms with Crippen molar-refractivity contribution in [3.63, 3.8) is 0 Å². The minimum atomic E-state index is -1.18. The fraction of sp³-hybridized carbons (Fsp3) is 1.00. The number of rotatable bonds is 3. The smallest absolute Gasteiger partial charge is 0.176 e. The van der Waals surface area contributed by atoms with Gasteiger partial charge in [-0.3, -0.25) is 0 Å². The highest BCUT2D eigenvalue weighted by atomic mass is 16.7. The van der Waals surface area contributed by atoms with Gasteiger partial charge in [0.05, 0.1) is 18.8 Å². The van der Waals surface area contributed by atoms with E-state index in [4.69, 9.17) is 20.3 Å². The lowest BCUT2D eigenvalue weighted by atomic mass is 9.98. The topological polar surface area (TPSA) is 105 Å². The third-order valence-electron chi connectivity index (χ3n) is 2.33. The summed E-state index contributed by atoms with van der Waals surface area (Å²) in [7, 11) is 0. The summed E-state index contributed by atoms with van der Waals surface area (Å²) in [4.78, 5) is 0. The Hall–Kier alpha value is -0.240. The van der Waals surface area contributed by atoms with Crippen LogP contribution in [-0.4, -0.2) is 58.7 Å². The maximum absolute atomic E-state index is 9.58. The first-order chi connectivity index (χ1) is 6.97. The summed E-state index contributed by atoms with van der Waals surface area (Å²) in [5.41, 5.74) is 5.64. The molecule has 0 bridgehead atoms. The molecule has 0 aromatic heterocycles. The van der Waals surface area contributed by atoms with E-state index in [1.807, 2.05) is 0 Å². The second-order valence-electron chi connectivity index (χ2n) is 3.97. The molecular weight excluding hydrogens is 202 g/mol. The maximum atomic E-state index is 9.58. The van der Waals surface area contributed by atoms with E-state index in [9.17, 15) is 10.2 Å². The Kier molecular flexibility index (Phi) is 4.45. The predicted octanol–water partition coefficient (Wildman–Crippen LogP) is -1.82. The Morgan fingerprint density at radius 1 is 1.33 bits per heavy atom. The minimum absolute atomic E-state index is 0.108. The van der Waals surface area contributed by atoms with Crippen molar-refractivity contribution < 1.29 is 24.8 Å². The molecule has 0 aliphatic carbocycles. The van der Waals surface area contributed by atoms with Gasteiger partial charge in [0.25, 0.3) is 0 Å². The first kappa shape index (κ1) is 12.8. The van der Waals surface area contributed by atoms with Crippen LogP contribution >= 0.6 is 0 Å². The van der Waals surface area contributed by atoms with E-state index in [1.54, 1.807) is 13.8 Å². The van der Waals surface area contributed by atoms with Crippen molar-refractivity contribution in [1.82, 2.24) is 0 Å². The fourth-order valence-corrected chi connectivity index (χ4v) is 1.49. The molecule has 0 amide bonds. The molecule has 0 radical (unpaired) electrons. The van der Waals surface area contributed by atoms with Crippen LogP contribution < -0.4 is 5.73 Å². The van der Waals surface area contributed by atoms with Gasteiger partial charge >= 0.3 is 0 Å². The van der Waals surface area contributed by atoms with Crippen molar-refractivity contribution in [2.24, 2.45) is 5.73 Å². The maximum Gasteiger partial charge on any atom is 0.176 e. The van der Waals surface area contributed by atoms with Crippen LogP contribution in [0.3, 0.4) is 0 Å². The zero-order valence-electron chi connectivity index (χ0n) is 8.91. The Labute approximate surface area is 88.6 Å². The van der Waals surface area contributed by atoms with Crippen molar-refractivity contribution in [1.29, 1.82) is 0 Å². The average Bonchev–Trinajstić information content (AvgIpc) is 2.18. The highest BCUT2D eigenvalue weighted by molar-refractivity contribution is 4.91. The van der Waals surface area contributed by atoms with Crippen molar-refractivity contribution in [2.75, 3.05) is 6.61 Å². The van der Waals surface area contributed by atoms with Gasteiger partial charge in [0.15, 0.2) is 6.29 Å². The van der Waals surface area contributed by atoms with Crippen LogP contribution in [0, 0.1) is 0 Å². The van der Waals surface area contributed by atoms with Gasteiger partial charge < -0.3 is 30.5 Å². The third kappa shape index (κ3) is 2.87. The highest BCUT2D eigenvalue weighted by Crippen LogP contribution is 2.21. The number of aliphatic hydroxyl groups is 3. The molecule has 15 heavy (non-hydrogen) atoms. The normalized spacial score (nSPS) is 42.2. The summed E-state index contributed by atoms with van der Waals surface area (Å²) >= 11 is 0. The van der Waals surface area contributed by atoms with E-state index in [0.717, 1.165) is 0 Å². The monoisotopic (exact) mass is 221 g/mol. The van der Waals surface area contributed by atoms with Gasteiger partial charge in [-0.2, -0.15) is 0 Å². The third-order valence-corrected chi connectivity index (χ3v) is 2.33. The molecule has 0 aromatic rings. The summed E-state index contributed by atoms with van der Waals surface area (Å²) in [6.45, 7) is 3.23. The second-order valence-corrected chi connectivity index (χ2v) is 3.97. The Bertz CT molecular complexity index is 199. The van der Waals surface area contributed by atoms with Crippen LogP contribution in [0.2, 0.25) is 0 Å². The van der Waals surface area contributed by atoms with Gasteiger partial charge in [0.1, 0.15) is 18.3 Å². The summed E-state index contributed by atoms with van der Waals surface area (Å²) < 4.78 is 10.6. The van der Waals surface area contributed by atoms with Crippen LogP contribution in [0.25, 0.3) is 0 Å². The molecule has 1 saturated heterocycles. The lowest BCUT2D eigenvalue weighted by Crippen LogP contribution is -2.62. The van der Waals surface area contributed by atoms with Crippen LogP contribution in [0.1, 0.15) is 13.8 Å². The molecule has 1 heterocycles. The Morgan fingerprint density at radius 2 is 1.93 bits per heavy atom.